The third kappa shape index (κ3) is 3.99. The van der Waals surface area contributed by atoms with Crippen LogP contribution in [0.3, 0.4) is 0 Å². The van der Waals surface area contributed by atoms with E-state index in [1.54, 1.807) is 23.5 Å². The van der Waals surface area contributed by atoms with Crippen LogP contribution in [0.4, 0.5) is 5.69 Å². The summed E-state index contributed by atoms with van der Waals surface area (Å²) in [5.74, 6) is -0.0729. The van der Waals surface area contributed by atoms with Crippen LogP contribution in [0.1, 0.15) is 32.6 Å². The minimum absolute atomic E-state index is 0. The van der Waals surface area contributed by atoms with Crippen LogP contribution in [-0.2, 0) is 13.0 Å². The van der Waals surface area contributed by atoms with Gasteiger partial charge in [-0.15, -0.1) is 23.7 Å². The first kappa shape index (κ1) is 16.5. The number of thiophene rings is 1. The number of nitrogens with two attached hydrogens (primary N) is 1. The number of nitrogens with one attached hydrogen (secondary N) is 1. The van der Waals surface area contributed by atoms with Gasteiger partial charge in [-0.25, -0.2) is 0 Å². The van der Waals surface area contributed by atoms with Gasteiger partial charge in [0.15, 0.2) is 0 Å². The molecule has 5 heteroatoms. The number of halogens is 1. The fourth-order valence-corrected chi connectivity index (χ4v) is 2.75. The number of benzene rings is 1. The number of hydrogen-bond acceptors (Lipinski definition) is 3. The Morgan fingerprint density at radius 2 is 1.95 bits per heavy atom. The molecule has 0 radical (unpaired) electrons. The fourth-order valence-electron chi connectivity index (χ4n) is 1.85. The molecule has 0 fully saturated rings. The van der Waals surface area contributed by atoms with E-state index >= 15 is 0 Å². The molecule has 3 N–H and O–H groups in total. The Morgan fingerprint density at radius 3 is 2.60 bits per heavy atom. The van der Waals surface area contributed by atoms with E-state index in [9.17, 15) is 4.79 Å². The first-order valence-corrected chi connectivity index (χ1v) is 7.13. The average molecular weight is 311 g/mol. The number of aryl methyl sites for hydroxylation is 2. The van der Waals surface area contributed by atoms with Gasteiger partial charge in [0.25, 0.3) is 5.91 Å². The van der Waals surface area contributed by atoms with Crippen molar-refractivity contribution < 1.29 is 4.79 Å². The highest BCUT2D eigenvalue weighted by molar-refractivity contribution is 7.11. The number of nitrogen functional groups attached to an aromatic ring is 1. The monoisotopic (exact) mass is 310 g/mol. The second kappa shape index (κ2) is 7.31. The minimum atomic E-state index is -0.0729. The van der Waals surface area contributed by atoms with Gasteiger partial charge < -0.3 is 11.1 Å². The lowest BCUT2D eigenvalue weighted by atomic mass is 10.1. The normalized spacial score (nSPS) is 9.90. The van der Waals surface area contributed by atoms with Crippen molar-refractivity contribution in [3.8, 4) is 0 Å². The molecule has 1 aromatic carbocycles. The molecule has 0 atom stereocenters. The average Bonchev–Trinajstić information content (AvgIpc) is 2.87. The number of anilines is 1. The van der Waals surface area contributed by atoms with E-state index in [2.05, 4.69) is 24.4 Å². The Kier molecular flexibility index (Phi) is 6.05. The summed E-state index contributed by atoms with van der Waals surface area (Å²) in [7, 11) is 0. The third-order valence-electron chi connectivity index (χ3n) is 3.00. The summed E-state index contributed by atoms with van der Waals surface area (Å²) < 4.78 is 0. The van der Waals surface area contributed by atoms with Crippen molar-refractivity contribution in [2.45, 2.75) is 26.8 Å². The Hall–Kier alpha value is -1.52. The standard InChI is InChI=1S/C15H18N2OS.ClH/c1-3-12-6-7-13(19-12)9-17-15(18)14-8-11(16)5-4-10(14)2;/h4-8H,3,9,16H2,1-2H3,(H,17,18);1H. The molecule has 0 bridgehead atoms. The van der Waals surface area contributed by atoms with Crippen LogP contribution in [0.2, 0.25) is 0 Å². The van der Waals surface area contributed by atoms with Crippen molar-refractivity contribution in [2.24, 2.45) is 0 Å². The van der Waals surface area contributed by atoms with Crippen molar-refractivity contribution in [3.05, 3.63) is 51.2 Å². The Bertz CT molecular complexity index is 595. The smallest absolute Gasteiger partial charge is 0.251 e. The van der Waals surface area contributed by atoms with Crippen molar-refractivity contribution >= 4 is 35.3 Å². The van der Waals surface area contributed by atoms with Crippen LogP contribution >= 0.6 is 23.7 Å². The van der Waals surface area contributed by atoms with E-state index in [4.69, 9.17) is 5.73 Å². The molecule has 0 saturated heterocycles. The lowest BCUT2D eigenvalue weighted by molar-refractivity contribution is 0.0950. The van der Waals surface area contributed by atoms with Crippen molar-refractivity contribution in [1.29, 1.82) is 0 Å². The van der Waals surface area contributed by atoms with Gasteiger partial charge >= 0.3 is 0 Å². The highest BCUT2D eigenvalue weighted by Gasteiger charge is 2.09. The largest absolute Gasteiger partial charge is 0.399 e. The van der Waals surface area contributed by atoms with E-state index in [0.717, 1.165) is 12.0 Å². The van der Waals surface area contributed by atoms with Gasteiger partial charge in [-0.1, -0.05) is 13.0 Å². The Morgan fingerprint density at radius 1 is 1.25 bits per heavy atom. The SMILES string of the molecule is CCc1ccc(CNC(=O)c2cc(N)ccc2C)s1.Cl. The summed E-state index contributed by atoms with van der Waals surface area (Å²) in [4.78, 5) is 14.6. The van der Waals surface area contributed by atoms with Crippen LogP contribution in [-0.4, -0.2) is 5.91 Å². The Balaban J connectivity index is 0.00000200. The van der Waals surface area contributed by atoms with Gasteiger partial charge in [0.1, 0.15) is 0 Å². The second-order valence-corrected chi connectivity index (χ2v) is 5.73. The van der Waals surface area contributed by atoms with Gasteiger partial charge in [-0.05, 0) is 43.2 Å². The lowest BCUT2D eigenvalue weighted by Crippen LogP contribution is -2.23. The molecule has 3 nitrogen and oxygen atoms in total. The summed E-state index contributed by atoms with van der Waals surface area (Å²) in [5.41, 5.74) is 7.91. The summed E-state index contributed by atoms with van der Waals surface area (Å²) in [6.07, 6.45) is 1.03. The van der Waals surface area contributed by atoms with Crippen molar-refractivity contribution in [2.75, 3.05) is 5.73 Å². The minimum Gasteiger partial charge on any atom is -0.399 e. The zero-order chi connectivity index (χ0) is 13.8. The van der Waals surface area contributed by atoms with E-state index < -0.39 is 0 Å². The van der Waals surface area contributed by atoms with E-state index in [-0.39, 0.29) is 18.3 Å². The zero-order valence-electron chi connectivity index (χ0n) is 11.6. The molecule has 0 saturated carbocycles. The molecule has 2 rings (SSSR count). The molecule has 2 aromatic rings. The molecule has 0 aliphatic rings. The van der Waals surface area contributed by atoms with E-state index in [1.807, 2.05) is 13.0 Å². The van der Waals surface area contributed by atoms with Gasteiger partial charge in [-0.2, -0.15) is 0 Å². The lowest BCUT2D eigenvalue weighted by Gasteiger charge is -2.07. The Labute approximate surface area is 129 Å². The summed E-state index contributed by atoms with van der Waals surface area (Å²) in [5, 5.41) is 2.94. The second-order valence-electron chi connectivity index (χ2n) is 4.48. The first-order chi connectivity index (χ1) is 9.10. The summed E-state index contributed by atoms with van der Waals surface area (Å²) in [6, 6.07) is 9.56. The summed E-state index contributed by atoms with van der Waals surface area (Å²) >= 11 is 1.74. The van der Waals surface area contributed by atoms with Crippen LogP contribution in [0.15, 0.2) is 30.3 Å². The van der Waals surface area contributed by atoms with Crippen molar-refractivity contribution in [3.63, 3.8) is 0 Å². The predicted octanol–water partition coefficient (Wildman–Crippen LogP) is 3.55. The molecule has 1 heterocycles. The van der Waals surface area contributed by atoms with Crippen LogP contribution in [0, 0.1) is 6.92 Å². The molecular formula is C15H19ClN2OS. The maximum absolute atomic E-state index is 12.1. The molecule has 108 valence electrons. The third-order valence-corrected chi connectivity index (χ3v) is 4.22. The molecule has 1 amide bonds. The molecular weight excluding hydrogens is 292 g/mol. The quantitative estimate of drug-likeness (QED) is 0.848. The number of amides is 1. The number of carbonyl (C=O) groups is 1. The molecule has 0 aliphatic carbocycles. The molecule has 1 aromatic heterocycles. The molecule has 0 unspecified atom stereocenters. The van der Waals surface area contributed by atoms with Gasteiger partial charge in [0, 0.05) is 21.0 Å². The molecule has 0 spiro atoms. The number of hydrogen-bond donors (Lipinski definition) is 2. The van der Waals surface area contributed by atoms with Crippen LogP contribution in [0.5, 0.6) is 0 Å². The van der Waals surface area contributed by atoms with Crippen LogP contribution < -0.4 is 11.1 Å². The van der Waals surface area contributed by atoms with E-state index in [1.165, 1.54) is 9.75 Å². The van der Waals surface area contributed by atoms with Gasteiger partial charge in [0.05, 0.1) is 6.54 Å². The first-order valence-electron chi connectivity index (χ1n) is 6.32. The van der Waals surface area contributed by atoms with Gasteiger partial charge in [-0.3, -0.25) is 4.79 Å². The fraction of sp³-hybridized carbons (Fsp3) is 0.267. The number of carbonyl (C=O) groups excluding carboxylic acids is 1. The highest BCUT2D eigenvalue weighted by atomic mass is 35.5. The van der Waals surface area contributed by atoms with Gasteiger partial charge in [0.2, 0.25) is 0 Å². The zero-order valence-corrected chi connectivity index (χ0v) is 13.2. The molecule has 0 aliphatic heterocycles. The highest BCUT2D eigenvalue weighted by Crippen LogP contribution is 2.17. The van der Waals surface area contributed by atoms with E-state index in [0.29, 0.717) is 17.8 Å². The summed E-state index contributed by atoms with van der Waals surface area (Å²) in [6.45, 7) is 4.61. The predicted molar refractivity (Wildman–Crippen MR) is 87.7 cm³/mol. The topological polar surface area (TPSA) is 55.1 Å². The molecule has 20 heavy (non-hydrogen) atoms. The maximum atomic E-state index is 12.1. The maximum Gasteiger partial charge on any atom is 0.251 e. The van der Waals surface area contributed by atoms with Crippen molar-refractivity contribution in [1.82, 2.24) is 5.32 Å². The number of rotatable bonds is 4. The van der Waals surface area contributed by atoms with Crippen LogP contribution in [0.25, 0.3) is 0 Å².